The number of carbonyl (C=O) groups excluding carboxylic acids is 2. The molecule has 0 radical (unpaired) electrons. The Labute approximate surface area is 79.1 Å². The lowest BCUT2D eigenvalue weighted by Gasteiger charge is -2.18. The molecule has 0 spiro atoms. The smallest absolute Gasteiger partial charge is 0.237 e. The molecule has 1 atom stereocenters. The van der Waals surface area contributed by atoms with Crippen molar-refractivity contribution in [3.05, 3.63) is 0 Å². The van der Waals surface area contributed by atoms with Gasteiger partial charge in [0.05, 0.1) is 12.6 Å². The van der Waals surface area contributed by atoms with Crippen LogP contribution in [0.1, 0.15) is 20.8 Å². The van der Waals surface area contributed by atoms with Crippen molar-refractivity contribution >= 4 is 11.7 Å². The van der Waals surface area contributed by atoms with Crippen LogP contribution in [0.2, 0.25) is 0 Å². The van der Waals surface area contributed by atoms with Gasteiger partial charge in [-0.2, -0.15) is 0 Å². The molecule has 0 heterocycles. The van der Waals surface area contributed by atoms with Gasteiger partial charge in [-0.15, -0.1) is 0 Å². The largest absolute Gasteiger partial charge is 0.348 e. The lowest BCUT2D eigenvalue weighted by atomic mass is 10.0. The van der Waals surface area contributed by atoms with Crippen molar-refractivity contribution in [1.82, 2.24) is 10.6 Å². The number of nitrogens with one attached hydrogen (secondary N) is 2. The molecule has 4 heteroatoms. The highest BCUT2D eigenvalue weighted by Crippen LogP contribution is 2.00. The van der Waals surface area contributed by atoms with E-state index in [1.54, 1.807) is 7.05 Å². The number of likely N-dealkylation sites (N-methyl/N-ethyl adjacent to an activating group) is 1. The molecule has 13 heavy (non-hydrogen) atoms. The Morgan fingerprint density at radius 2 is 1.85 bits per heavy atom. The Morgan fingerprint density at radius 3 is 2.15 bits per heavy atom. The van der Waals surface area contributed by atoms with Crippen LogP contribution in [-0.2, 0) is 9.59 Å². The van der Waals surface area contributed by atoms with E-state index < -0.39 is 0 Å². The van der Waals surface area contributed by atoms with E-state index in [-0.39, 0.29) is 30.2 Å². The summed E-state index contributed by atoms with van der Waals surface area (Å²) in [6.45, 7) is 5.47. The van der Waals surface area contributed by atoms with E-state index in [4.69, 9.17) is 0 Å². The molecule has 0 aliphatic heterocycles. The number of rotatable bonds is 5. The van der Waals surface area contributed by atoms with Crippen LogP contribution in [0.3, 0.4) is 0 Å². The first-order valence-corrected chi connectivity index (χ1v) is 4.43. The zero-order valence-electron chi connectivity index (χ0n) is 8.68. The second-order valence-electron chi connectivity index (χ2n) is 3.43. The van der Waals surface area contributed by atoms with Gasteiger partial charge in [-0.25, -0.2) is 0 Å². The number of amides is 1. The number of carbonyl (C=O) groups is 2. The predicted molar refractivity (Wildman–Crippen MR) is 51.4 cm³/mol. The minimum Gasteiger partial charge on any atom is -0.348 e. The Kier molecular flexibility index (Phi) is 5.30. The van der Waals surface area contributed by atoms with E-state index in [0.717, 1.165) is 0 Å². The summed E-state index contributed by atoms with van der Waals surface area (Å²) in [6.07, 6.45) is 0. The maximum atomic E-state index is 11.4. The van der Waals surface area contributed by atoms with Gasteiger partial charge in [0.2, 0.25) is 5.91 Å². The van der Waals surface area contributed by atoms with Crippen molar-refractivity contribution in [3.63, 3.8) is 0 Å². The molecular formula is C9H18N2O2. The Hall–Kier alpha value is -0.900. The molecule has 0 bridgehead atoms. The third kappa shape index (κ3) is 4.62. The van der Waals surface area contributed by atoms with E-state index in [1.165, 1.54) is 6.92 Å². The molecule has 0 aromatic carbocycles. The van der Waals surface area contributed by atoms with Crippen LogP contribution in [0.25, 0.3) is 0 Å². The van der Waals surface area contributed by atoms with Crippen LogP contribution in [0.5, 0.6) is 0 Å². The Balaban J connectivity index is 3.99. The first-order chi connectivity index (χ1) is 5.99. The molecule has 2 N–H and O–H groups in total. The molecule has 0 saturated carbocycles. The van der Waals surface area contributed by atoms with E-state index >= 15 is 0 Å². The molecule has 4 nitrogen and oxygen atoms in total. The summed E-state index contributed by atoms with van der Waals surface area (Å²) < 4.78 is 0. The summed E-state index contributed by atoms with van der Waals surface area (Å²) in [6, 6.07) is -0.223. The molecular weight excluding hydrogens is 168 g/mol. The van der Waals surface area contributed by atoms with Gasteiger partial charge in [-0.05, 0) is 19.9 Å². The molecule has 0 fully saturated rings. The molecule has 76 valence electrons. The highest BCUT2D eigenvalue weighted by molar-refractivity contribution is 5.87. The third-order valence-electron chi connectivity index (χ3n) is 1.77. The highest BCUT2D eigenvalue weighted by atomic mass is 16.2. The Bertz CT molecular complexity index is 190. The fraction of sp³-hybridized carbons (Fsp3) is 0.778. The van der Waals surface area contributed by atoms with Crippen LogP contribution in [0.15, 0.2) is 0 Å². The predicted octanol–water partition coefficient (Wildman–Crippen LogP) is -0.0644. The van der Waals surface area contributed by atoms with Gasteiger partial charge < -0.3 is 10.6 Å². The van der Waals surface area contributed by atoms with Crippen molar-refractivity contribution in [3.8, 4) is 0 Å². The zero-order valence-corrected chi connectivity index (χ0v) is 8.68. The number of hydrogen-bond acceptors (Lipinski definition) is 3. The second-order valence-corrected chi connectivity index (χ2v) is 3.43. The lowest BCUT2D eigenvalue weighted by molar-refractivity contribution is -0.126. The zero-order chi connectivity index (χ0) is 10.4. The van der Waals surface area contributed by atoms with Crippen LogP contribution >= 0.6 is 0 Å². The second kappa shape index (κ2) is 5.70. The average Bonchev–Trinajstić information content (AvgIpc) is 2.01. The topological polar surface area (TPSA) is 58.2 Å². The van der Waals surface area contributed by atoms with Gasteiger partial charge in [-0.3, -0.25) is 9.59 Å². The highest BCUT2D eigenvalue weighted by Gasteiger charge is 2.19. The minimum atomic E-state index is -0.223. The van der Waals surface area contributed by atoms with Crippen molar-refractivity contribution in [2.75, 3.05) is 13.6 Å². The molecule has 1 unspecified atom stereocenters. The number of ketones is 1. The standard InChI is InChI=1S/C9H18N2O2/c1-6(2)8(10-4)9(13)11-5-7(3)12/h6,8,10H,5H2,1-4H3,(H,11,13). The van der Waals surface area contributed by atoms with E-state index in [1.807, 2.05) is 13.8 Å². The monoisotopic (exact) mass is 186 g/mol. The summed E-state index contributed by atoms with van der Waals surface area (Å²) in [4.78, 5) is 22.0. The lowest BCUT2D eigenvalue weighted by Crippen LogP contribution is -2.46. The molecule has 0 aromatic rings. The van der Waals surface area contributed by atoms with Crippen molar-refractivity contribution < 1.29 is 9.59 Å². The summed E-state index contributed by atoms with van der Waals surface area (Å²) in [7, 11) is 1.73. The average molecular weight is 186 g/mol. The SMILES string of the molecule is CNC(C(=O)NCC(C)=O)C(C)C. The van der Waals surface area contributed by atoms with E-state index in [0.29, 0.717) is 0 Å². The quantitative estimate of drug-likeness (QED) is 0.632. The summed E-state index contributed by atoms with van der Waals surface area (Å²) in [5.41, 5.74) is 0. The van der Waals surface area contributed by atoms with Gasteiger partial charge in [0, 0.05) is 0 Å². The molecule has 0 saturated heterocycles. The maximum absolute atomic E-state index is 11.4. The molecule has 0 aromatic heterocycles. The van der Waals surface area contributed by atoms with Gasteiger partial charge in [0.25, 0.3) is 0 Å². The van der Waals surface area contributed by atoms with Crippen LogP contribution < -0.4 is 10.6 Å². The first-order valence-electron chi connectivity index (χ1n) is 4.43. The summed E-state index contributed by atoms with van der Waals surface area (Å²) in [5.74, 6) is 0.0663. The normalized spacial score (nSPS) is 12.7. The van der Waals surface area contributed by atoms with E-state index in [9.17, 15) is 9.59 Å². The van der Waals surface area contributed by atoms with Crippen molar-refractivity contribution in [2.24, 2.45) is 5.92 Å². The van der Waals surface area contributed by atoms with Gasteiger partial charge in [-0.1, -0.05) is 13.8 Å². The van der Waals surface area contributed by atoms with Gasteiger partial charge >= 0.3 is 0 Å². The van der Waals surface area contributed by atoms with Gasteiger partial charge in [0.1, 0.15) is 5.78 Å². The van der Waals surface area contributed by atoms with Crippen LogP contribution in [0.4, 0.5) is 0 Å². The maximum Gasteiger partial charge on any atom is 0.237 e. The molecule has 1 amide bonds. The van der Waals surface area contributed by atoms with Gasteiger partial charge in [0.15, 0.2) is 0 Å². The fourth-order valence-electron chi connectivity index (χ4n) is 1.09. The van der Waals surface area contributed by atoms with Crippen molar-refractivity contribution in [1.29, 1.82) is 0 Å². The molecule has 0 rings (SSSR count). The van der Waals surface area contributed by atoms with E-state index in [2.05, 4.69) is 10.6 Å². The minimum absolute atomic E-state index is 0.0352. The number of Topliss-reactive ketones (excluding diaryl/α,β-unsaturated/α-hetero) is 1. The van der Waals surface area contributed by atoms with Crippen molar-refractivity contribution in [2.45, 2.75) is 26.8 Å². The summed E-state index contributed by atoms with van der Waals surface area (Å²) >= 11 is 0. The third-order valence-corrected chi connectivity index (χ3v) is 1.77. The number of hydrogen-bond donors (Lipinski definition) is 2. The van der Waals surface area contributed by atoms with Crippen LogP contribution in [0, 0.1) is 5.92 Å². The van der Waals surface area contributed by atoms with Crippen LogP contribution in [-0.4, -0.2) is 31.3 Å². The first kappa shape index (κ1) is 12.1. The molecule has 0 aliphatic rings. The molecule has 0 aliphatic carbocycles. The summed E-state index contributed by atoms with van der Waals surface area (Å²) in [5, 5.41) is 5.47. The Morgan fingerprint density at radius 1 is 1.31 bits per heavy atom. The fourth-order valence-corrected chi connectivity index (χ4v) is 1.09.